The molecule has 0 radical (unpaired) electrons. The van der Waals surface area contributed by atoms with Crippen LogP contribution in [-0.4, -0.2) is 67.8 Å². The number of piperazine rings is 1. The van der Waals surface area contributed by atoms with E-state index in [1.807, 2.05) is 88.7 Å². The Kier molecular flexibility index (Phi) is 11.0. The van der Waals surface area contributed by atoms with Gasteiger partial charge in [0.1, 0.15) is 5.82 Å². The quantitative estimate of drug-likeness (QED) is 0.104. The molecule has 4 aromatic carbocycles. The molecular formula is C40H43N5O2S. The Labute approximate surface area is 288 Å². The fourth-order valence-corrected chi connectivity index (χ4v) is 7.45. The summed E-state index contributed by atoms with van der Waals surface area (Å²) in [6.45, 7) is 5.82. The summed E-state index contributed by atoms with van der Waals surface area (Å²) in [7, 11) is 0. The highest BCUT2D eigenvalue weighted by Crippen LogP contribution is 2.29. The van der Waals surface area contributed by atoms with Gasteiger partial charge in [0.05, 0.1) is 11.6 Å². The topological polar surface area (TPSA) is 71.3 Å². The van der Waals surface area contributed by atoms with Gasteiger partial charge < -0.3 is 9.80 Å². The molecule has 0 bridgehead atoms. The largest absolute Gasteiger partial charge is 0.339 e. The zero-order chi connectivity index (χ0) is 33.3. The average molecular weight is 658 g/mol. The van der Waals surface area contributed by atoms with Crippen LogP contribution in [0, 0.1) is 6.92 Å². The van der Waals surface area contributed by atoms with E-state index in [0.717, 1.165) is 46.4 Å². The smallest absolute Gasteiger partial charge is 0.234 e. The van der Waals surface area contributed by atoms with Crippen LogP contribution < -0.4 is 0 Å². The van der Waals surface area contributed by atoms with Crippen LogP contribution >= 0.6 is 11.8 Å². The molecule has 8 heteroatoms. The number of hydrogen-bond acceptors (Lipinski definition) is 5. The normalized spacial score (nSPS) is 14.8. The minimum atomic E-state index is -0.361. The van der Waals surface area contributed by atoms with Crippen molar-refractivity contribution in [2.24, 2.45) is 0 Å². The molecule has 7 nitrogen and oxygen atoms in total. The van der Waals surface area contributed by atoms with Crippen LogP contribution in [0.1, 0.15) is 60.2 Å². The predicted molar refractivity (Wildman–Crippen MR) is 192 cm³/mol. The van der Waals surface area contributed by atoms with Gasteiger partial charge in [0, 0.05) is 44.3 Å². The zero-order valence-corrected chi connectivity index (χ0v) is 28.6. The van der Waals surface area contributed by atoms with Gasteiger partial charge in [0.15, 0.2) is 5.16 Å². The van der Waals surface area contributed by atoms with Crippen molar-refractivity contribution in [2.45, 2.75) is 56.6 Å². The Hall–Kier alpha value is -4.69. The van der Waals surface area contributed by atoms with E-state index in [9.17, 15) is 9.59 Å². The first-order chi connectivity index (χ1) is 23.5. The van der Waals surface area contributed by atoms with Gasteiger partial charge in [-0.15, -0.1) is 10.2 Å². The third-order valence-corrected chi connectivity index (χ3v) is 10.1. The molecule has 0 N–H and O–H groups in total. The lowest BCUT2D eigenvalue weighted by atomic mass is 9.89. The number of thioether (sulfide) groups is 1. The molecule has 1 aliphatic rings. The molecule has 1 saturated heterocycles. The molecule has 1 unspecified atom stereocenters. The van der Waals surface area contributed by atoms with Crippen molar-refractivity contribution in [1.29, 1.82) is 0 Å². The van der Waals surface area contributed by atoms with Gasteiger partial charge in [0.25, 0.3) is 0 Å². The summed E-state index contributed by atoms with van der Waals surface area (Å²) < 4.78 is 2.18. The van der Waals surface area contributed by atoms with E-state index >= 15 is 0 Å². The Morgan fingerprint density at radius 2 is 1.42 bits per heavy atom. The second-order valence-electron chi connectivity index (χ2n) is 12.5. The van der Waals surface area contributed by atoms with Gasteiger partial charge in [-0.05, 0) is 55.0 Å². The number of aryl methyl sites for hydroxylation is 1. The summed E-state index contributed by atoms with van der Waals surface area (Å²) in [5, 5.41) is 10.1. The van der Waals surface area contributed by atoms with Crippen LogP contribution in [0.25, 0.3) is 5.69 Å². The van der Waals surface area contributed by atoms with Crippen molar-refractivity contribution in [1.82, 2.24) is 24.6 Å². The van der Waals surface area contributed by atoms with Crippen LogP contribution in [-0.2, 0) is 16.0 Å². The van der Waals surface area contributed by atoms with Crippen molar-refractivity contribution in [2.75, 3.05) is 25.4 Å². The lowest BCUT2D eigenvalue weighted by Crippen LogP contribution is -2.56. The molecule has 2 amide bonds. The fourth-order valence-electron chi connectivity index (χ4n) is 6.49. The van der Waals surface area contributed by atoms with Crippen molar-refractivity contribution in [3.63, 3.8) is 0 Å². The third kappa shape index (κ3) is 7.88. The Morgan fingerprint density at radius 1 is 0.792 bits per heavy atom. The van der Waals surface area contributed by atoms with E-state index in [4.69, 9.17) is 0 Å². The number of carbonyl (C=O) groups excluding carboxylic acids is 2. The van der Waals surface area contributed by atoms with E-state index < -0.39 is 0 Å². The number of aromatic nitrogens is 3. The van der Waals surface area contributed by atoms with Crippen LogP contribution in [0.15, 0.2) is 120 Å². The molecule has 2 heterocycles. The summed E-state index contributed by atoms with van der Waals surface area (Å²) in [6.07, 6.45) is 2.91. The number of nitrogens with zero attached hydrogens (tertiary/aromatic N) is 5. The van der Waals surface area contributed by atoms with Crippen LogP contribution in [0.3, 0.4) is 0 Å². The van der Waals surface area contributed by atoms with E-state index in [0.29, 0.717) is 32.5 Å². The number of benzene rings is 4. The summed E-state index contributed by atoms with van der Waals surface area (Å²) in [4.78, 5) is 31.2. The SMILES string of the molecule is Cc1ccccc1-n1c(Cc2ccccc2)nnc1SCCCCC(=O)N1CCN(C(=O)C(c2ccccc2)c2ccccc2)C(C)C1. The van der Waals surface area contributed by atoms with Crippen molar-refractivity contribution in [3.8, 4) is 5.69 Å². The Morgan fingerprint density at radius 3 is 2.06 bits per heavy atom. The van der Waals surface area contributed by atoms with E-state index in [2.05, 4.69) is 65.0 Å². The van der Waals surface area contributed by atoms with Gasteiger partial charge >= 0.3 is 0 Å². The van der Waals surface area contributed by atoms with E-state index in [1.165, 1.54) is 11.1 Å². The summed E-state index contributed by atoms with van der Waals surface area (Å²) in [5.41, 5.74) is 5.44. The predicted octanol–water partition coefficient (Wildman–Crippen LogP) is 7.32. The number of hydrogen-bond donors (Lipinski definition) is 0. The molecule has 5 aromatic rings. The van der Waals surface area contributed by atoms with Gasteiger partial charge in [0.2, 0.25) is 11.8 Å². The lowest BCUT2D eigenvalue weighted by Gasteiger charge is -2.41. The number of rotatable bonds is 12. The highest BCUT2D eigenvalue weighted by molar-refractivity contribution is 7.99. The first-order valence-electron chi connectivity index (χ1n) is 16.8. The van der Waals surface area contributed by atoms with Crippen LogP contribution in [0.2, 0.25) is 0 Å². The molecule has 1 aromatic heterocycles. The zero-order valence-electron chi connectivity index (χ0n) is 27.7. The highest BCUT2D eigenvalue weighted by atomic mass is 32.2. The number of para-hydroxylation sites is 1. The summed E-state index contributed by atoms with van der Waals surface area (Å²) in [5.74, 6) is 1.66. The van der Waals surface area contributed by atoms with Gasteiger partial charge in [-0.25, -0.2) is 0 Å². The molecule has 0 spiro atoms. The van der Waals surface area contributed by atoms with Crippen LogP contribution in [0.5, 0.6) is 0 Å². The average Bonchev–Trinajstić information content (AvgIpc) is 3.51. The molecule has 0 aliphatic carbocycles. The van der Waals surface area contributed by atoms with Gasteiger partial charge in [-0.3, -0.25) is 14.2 Å². The molecule has 1 atom stereocenters. The van der Waals surface area contributed by atoms with Crippen molar-refractivity contribution < 1.29 is 9.59 Å². The molecule has 1 fully saturated rings. The summed E-state index contributed by atoms with van der Waals surface area (Å²) in [6, 6.07) is 38.6. The maximum absolute atomic E-state index is 14.0. The lowest BCUT2D eigenvalue weighted by molar-refractivity contribution is -0.143. The van der Waals surface area contributed by atoms with E-state index in [-0.39, 0.29) is 23.8 Å². The number of carbonyl (C=O) groups is 2. The third-order valence-electron chi connectivity index (χ3n) is 9.05. The molecule has 0 saturated carbocycles. The molecule has 6 rings (SSSR count). The Balaban J connectivity index is 1.02. The van der Waals surface area contributed by atoms with E-state index in [1.54, 1.807) is 11.8 Å². The first kappa shape index (κ1) is 33.2. The van der Waals surface area contributed by atoms with Gasteiger partial charge in [-0.2, -0.15) is 0 Å². The van der Waals surface area contributed by atoms with Gasteiger partial charge in [-0.1, -0.05) is 121 Å². The molecular weight excluding hydrogens is 615 g/mol. The maximum Gasteiger partial charge on any atom is 0.234 e. The number of unbranched alkanes of at least 4 members (excludes halogenated alkanes) is 1. The fraction of sp³-hybridized carbons (Fsp3) is 0.300. The second kappa shape index (κ2) is 15.9. The minimum Gasteiger partial charge on any atom is -0.339 e. The Bertz CT molecular complexity index is 1760. The molecule has 1 aliphatic heterocycles. The highest BCUT2D eigenvalue weighted by Gasteiger charge is 2.34. The minimum absolute atomic E-state index is 0.0569. The standard InChI is InChI=1S/C40H43N5O2S/c1-30-16-12-13-23-35(30)45-36(28-32-17-6-3-7-18-32)41-42-40(45)48-27-15-14-24-37(46)43-25-26-44(31(2)29-43)39(47)38(33-19-8-4-9-20-33)34-21-10-5-11-22-34/h3-13,16-23,31,38H,14-15,24-29H2,1-2H3. The monoisotopic (exact) mass is 657 g/mol. The second-order valence-corrected chi connectivity index (χ2v) is 13.5. The van der Waals surface area contributed by atoms with Crippen molar-refractivity contribution in [3.05, 3.63) is 143 Å². The van der Waals surface area contributed by atoms with Crippen LogP contribution in [0.4, 0.5) is 0 Å². The number of amides is 2. The first-order valence-corrected chi connectivity index (χ1v) is 17.8. The molecule has 246 valence electrons. The van der Waals surface area contributed by atoms with Crippen molar-refractivity contribution >= 4 is 23.6 Å². The molecule has 48 heavy (non-hydrogen) atoms. The summed E-state index contributed by atoms with van der Waals surface area (Å²) >= 11 is 1.69. The maximum atomic E-state index is 14.0.